The van der Waals surface area contributed by atoms with Crippen LogP contribution in [0.3, 0.4) is 0 Å². The van der Waals surface area contributed by atoms with E-state index in [2.05, 4.69) is 0 Å². The number of aliphatic hydroxyl groups is 2. The van der Waals surface area contributed by atoms with Gasteiger partial charge < -0.3 is 14.9 Å². The predicted octanol–water partition coefficient (Wildman–Crippen LogP) is 3.93. The maximum atomic E-state index is 10.0. The van der Waals surface area contributed by atoms with Crippen LogP contribution in [0.2, 0.25) is 0 Å². The summed E-state index contributed by atoms with van der Waals surface area (Å²) in [5.41, 5.74) is -0.128. The first-order valence-electron chi connectivity index (χ1n) is 7.00. The summed E-state index contributed by atoms with van der Waals surface area (Å²) in [6.07, 6.45) is 0. The van der Waals surface area contributed by atoms with Gasteiger partial charge in [-0.05, 0) is 63.1 Å². The molecule has 0 spiro atoms. The van der Waals surface area contributed by atoms with Crippen LogP contribution in [0.1, 0.15) is 38.8 Å². The Morgan fingerprint density at radius 2 is 1.29 bits per heavy atom. The van der Waals surface area contributed by atoms with Gasteiger partial charge in [0.1, 0.15) is 11.5 Å². The van der Waals surface area contributed by atoms with Crippen molar-refractivity contribution in [3.05, 3.63) is 59.7 Å². The van der Waals surface area contributed by atoms with Gasteiger partial charge in [-0.1, -0.05) is 24.3 Å². The Morgan fingerprint density at radius 3 is 1.81 bits per heavy atom. The SMILES string of the molecule is CC(C)(O)c1ccc(Oc2cccc(C(C)(C)O)c2)cc1. The molecule has 0 radical (unpaired) electrons. The summed E-state index contributed by atoms with van der Waals surface area (Å²) in [5.74, 6) is 1.36. The van der Waals surface area contributed by atoms with E-state index in [0.29, 0.717) is 11.5 Å². The molecule has 0 saturated heterocycles. The number of benzene rings is 2. The Balaban J connectivity index is 2.19. The minimum Gasteiger partial charge on any atom is -0.457 e. The van der Waals surface area contributed by atoms with E-state index < -0.39 is 11.2 Å². The van der Waals surface area contributed by atoms with Crippen molar-refractivity contribution in [2.75, 3.05) is 0 Å². The Hall–Kier alpha value is -1.84. The third kappa shape index (κ3) is 4.06. The van der Waals surface area contributed by atoms with Crippen LogP contribution in [0, 0.1) is 0 Å². The van der Waals surface area contributed by atoms with Crippen LogP contribution in [0.25, 0.3) is 0 Å². The van der Waals surface area contributed by atoms with Crippen LogP contribution in [-0.2, 0) is 11.2 Å². The third-order valence-corrected chi connectivity index (χ3v) is 3.34. The molecule has 0 aliphatic carbocycles. The molecular weight excluding hydrogens is 264 g/mol. The van der Waals surface area contributed by atoms with Crippen LogP contribution in [0.15, 0.2) is 48.5 Å². The highest BCUT2D eigenvalue weighted by Crippen LogP contribution is 2.28. The fourth-order valence-electron chi connectivity index (χ4n) is 2.01. The minimum absolute atomic E-state index is 0.672. The van der Waals surface area contributed by atoms with E-state index in [0.717, 1.165) is 11.1 Å². The Labute approximate surface area is 125 Å². The second kappa shape index (κ2) is 5.51. The summed E-state index contributed by atoms with van der Waals surface area (Å²) in [4.78, 5) is 0. The summed E-state index contributed by atoms with van der Waals surface area (Å²) in [6, 6.07) is 14.7. The summed E-state index contributed by atoms with van der Waals surface area (Å²) in [6.45, 7) is 6.97. The lowest BCUT2D eigenvalue weighted by atomic mass is 9.98. The van der Waals surface area contributed by atoms with Gasteiger partial charge in [-0.3, -0.25) is 0 Å². The molecule has 0 amide bonds. The monoisotopic (exact) mass is 286 g/mol. The lowest BCUT2D eigenvalue weighted by Gasteiger charge is -2.19. The number of hydrogen-bond donors (Lipinski definition) is 2. The number of hydrogen-bond acceptors (Lipinski definition) is 3. The van der Waals surface area contributed by atoms with Crippen molar-refractivity contribution in [1.82, 2.24) is 0 Å². The number of ether oxygens (including phenoxy) is 1. The Bertz CT molecular complexity index is 602. The molecule has 2 rings (SSSR count). The van der Waals surface area contributed by atoms with E-state index in [4.69, 9.17) is 4.74 Å². The molecule has 3 nitrogen and oxygen atoms in total. The molecule has 0 saturated carbocycles. The molecule has 112 valence electrons. The van der Waals surface area contributed by atoms with Crippen LogP contribution < -0.4 is 4.74 Å². The van der Waals surface area contributed by atoms with Crippen LogP contribution >= 0.6 is 0 Å². The highest BCUT2D eigenvalue weighted by atomic mass is 16.5. The number of rotatable bonds is 4. The van der Waals surface area contributed by atoms with Crippen molar-refractivity contribution in [1.29, 1.82) is 0 Å². The van der Waals surface area contributed by atoms with Crippen molar-refractivity contribution in [3.8, 4) is 11.5 Å². The predicted molar refractivity (Wildman–Crippen MR) is 83.4 cm³/mol. The molecule has 0 unspecified atom stereocenters. The average molecular weight is 286 g/mol. The first kappa shape index (κ1) is 15.5. The molecular formula is C18H22O3. The summed E-state index contributed by atoms with van der Waals surface area (Å²) in [5, 5.41) is 19.9. The molecule has 2 aromatic carbocycles. The Morgan fingerprint density at radius 1 is 0.714 bits per heavy atom. The Kier molecular flexibility index (Phi) is 4.08. The molecule has 0 heterocycles. The molecule has 0 bridgehead atoms. The van der Waals surface area contributed by atoms with Gasteiger partial charge in [0.2, 0.25) is 0 Å². The van der Waals surface area contributed by atoms with Crippen LogP contribution in [-0.4, -0.2) is 10.2 Å². The second-order valence-corrected chi connectivity index (χ2v) is 6.27. The molecule has 3 heteroatoms. The zero-order chi connectivity index (χ0) is 15.7. The van der Waals surface area contributed by atoms with Gasteiger partial charge in [0, 0.05) is 0 Å². The lowest BCUT2D eigenvalue weighted by Crippen LogP contribution is -2.15. The molecule has 2 aromatic rings. The highest BCUT2D eigenvalue weighted by Gasteiger charge is 2.17. The first-order chi connectivity index (χ1) is 9.66. The molecule has 21 heavy (non-hydrogen) atoms. The normalized spacial score (nSPS) is 12.3. The minimum atomic E-state index is -0.899. The zero-order valence-electron chi connectivity index (χ0n) is 12.9. The van der Waals surface area contributed by atoms with Gasteiger partial charge >= 0.3 is 0 Å². The smallest absolute Gasteiger partial charge is 0.127 e. The van der Waals surface area contributed by atoms with E-state index in [-0.39, 0.29) is 0 Å². The van der Waals surface area contributed by atoms with Gasteiger partial charge in [0.05, 0.1) is 11.2 Å². The van der Waals surface area contributed by atoms with Crippen LogP contribution in [0.4, 0.5) is 0 Å². The summed E-state index contributed by atoms with van der Waals surface area (Å²) >= 11 is 0. The third-order valence-electron chi connectivity index (χ3n) is 3.34. The van der Waals surface area contributed by atoms with Gasteiger partial charge in [0.25, 0.3) is 0 Å². The largest absolute Gasteiger partial charge is 0.457 e. The highest BCUT2D eigenvalue weighted by molar-refractivity contribution is 5.37. The van der Waals surface area contributed by atoms with Gasteiger partial charge in [-0.25, -0.2) is 0 Å². The van der Waals surface area contributed by atoms with Gasteiger partial charge in [0.15, 0.2) is 0 Å². The van der Waals surface area contributed by atoms with E-state index in [1.165, 1.54) is 0 Å². The molecule has 0 aliphatic rings. The topological polar surface area (TPSA) is 49.7 Å². The average Bonchev–Trinajstić information content (AvgIpc) is 2.37. The van der Waals surface area contributed by atoms with Crippen molar-refractivity contribution in [2.24, 2.45) is 0 Å². The van der Waals surface area contributed by atoms with Crippen molar-refractivity contribution in [3.63, 3.8) is 0 Å². The molecule has 0 atom stereocenters. The fraction of sp³-hybridized carbons (Fsp3) is 0.333. The first-order valence-corrected chi connectivity index (χ1v) is 7.00. The zero-order valence-corrected chi connectivity index (χ0v) is 12.9. The van der Waals surface area contributed by atoms with Crippen LogP contribution in [0.5, 0.6) is 11.5 Å². The van der Waals surface area contributed by atoms with E-state index in [9.17, 15) is 10.2 Å². The van der Waals surface area contributed by atoms with Crippen molar-refractivity contribution < 1.29 is 14.9 Å². The quantitative estimate of drug-likeness (QED) is 0.895. The van der Waals surface area contributed by atoms with E-state index in [1.807, 2.05) is 48.5 Å². The van der Waals surface area contributed by atoms with Gasteiger partial charge in [-0.2, -0.15) is 0 Å². The van der Waals surface area contributed by atoms with Crippen molar-refractivity contribution in [2.45, 2.75) is 38.9 Å². The van der Waals surface area contributed by atoms with E-state index >= 15 is 0 Å². The summed E-state index contributed by atoms with van der Waals surface area (Å²) < 4.78 is 5.79. The standard InChI is InChI=1S/C18H22O3/c1-17(2,19)13-8-10-15(11-9-13)21-16-7-5-6-14(12-16)18(3,4)20/h5-12,19-20H,1-4H3. The molecule has 0 aromatic heterocycles. The lowest BCUT2D eigenvalue weighted by molar-refractivity contribution is 0.0778. The maximum Gasteiger partial charge on any atom is 0.127 e. The maximum absolute atomic E-state index is 10.0. The summed E-state index contributed by atoms with van der Waals surface area (Å²) in [7, 11) is 0. The van der Waals surface area contributed by atoms with Gasteiger partial charge in [-0.15, -0.1) is 0 Å². The molecule has 2 N–H and O–H groups in total. The molecule has 0 aliphatic heterocycles. The second-order valence-electron chi connectivity index (χ2n) is 6.27. The van der Waals surface area contributed by atoms with Crippen molar-refractivity contribution >= 4 is 0 Å². The van der Waals surface area contributed by atoms with E-state index in [1.54, 1.807) is 27.7 Å². The fourth-order valence-corrected chi connectivity index (χ4v) is 2.01. The molecule has 0 fully saturated rings.